The van der Waals surface area contributed by atoms with Crippen LogP contribution >= 0.6 is 11.3 Å². The Balaban J connectivity index is 1.45. The van der Waals surface area contributed by atoms with Crippen molar-refractivity contribution in [3.63, 3.8) is 0 Å². The van der Waals surface area contributed by atoms with E-state index in [1.165, 1.54) is 18.3 Å². The zero-order valence-electron chi connectivity index (χ0n) is 19.0. The minimum atomic E-state index is -0.182. The summed E-state index contributed by atoms with van der Waals surface area (Å²) in [6, 6.07) is 3.84. The topological polar surface area (TPSA) is 109 Å². The summed E-state index contributed by atoms with van der Waals surface area (Å²) in [7, 11) is 0. The molecule has 10 heteroatoms. The summed E-state index contributed by atoms with van der Waals surface area (Å²) in [5.74, 6) is 0.701. The molecule has 2 aliphatic rings. The number of hydrogen-bond acceptors (Lipinski definition) is 7. The molecule has 2 saturated heterocycles. The summed E-state index contributed by atoms with van der Waals surface area (Å²) in [6.07, 6.45) is 5.81. The molecule has 0 aromatic carbocycles. The smallest absolute Gasteiger partial charge is 0.257 e. The third-order valence-corrected chi connectivity index (χ3v) is 7.27. The first-order chi connectivity index (χ1) is 15.9. The molecule has 174 valence electrons. The molecule has 3 aromatic heterocycles. The minimum absolute atomic E-state index is 0.0716. The SMILES string of the molecule is CC(=O)Nc1sccc1C(=O)N1CCCCC1c1cc2nc(N3CCC(N)C3)c(C)cn2n1. The van der Waals surface area contributed by atoms with Crippen molar-refractivity contribution in [2.75, 3.05) is 29.9 Å². The number of amides is 2. The first-order valence-corrected chi connectivity index (χ1v) is 12.3. The molecule has 2 amide bonds. The molecule has 0 saturated carbocycles. The van der Waals surface area contributed by atoms with Crippen LogP contribution in [-0.4, -0.2) is 57.0 Å². The Morgan fingerprint density at radius 1 is 1.24 bits per heavy atom. The lowest BCUT2D eigenvalue weighted by Gasteiger charge is -2.34. The lowest BCUT2D eigenvalue weighted by molar-refractivity contribution is -0.114. The number of aromatic nitrogens is 3. The number of hydrogen-bond donors (Lipinski definition) is 2. The number of fused-ring (bicyclic) bond motifs is 1. The number of anilines is 2. The van der Waals surface area contributed by atoms with Gasteiger partial charge in [0.05, 0.1) is 17.3 Å². The monoisotopic (exact) mass is 467 g/mol. The molecule has 2 aliphatic heterocycles. The number of nitrogens with two attached hydrogens (primary N) is 1. The summed E-state index contributed by atoms with van der Waals surface area (Å²) >= 11 is 1.36. The number of carbonyl (C=O) groups is 2. The van der Waals surface area contributed by atoms with Crippen LogP contribution in [0.1, 0.15) is 60.3 Å². The van der Waals surface area contributed by atoms with Crippen molar-refractivity contribution < 1.29 is 9.59 Å². The zero-order chi connectivity index (χ0) is 23.1. The van der Waals surface area contributed by atoms with Gasteiger partial charge in [0.15, 0.2) is 5.65 Å². The Morgan fingerprint density at radius 2 is 2.09 bits per heavy atom. The number of thiophene rings is 1. The maximum atomic E-state index is 13.5. The van der Waals surface area contributed by atoms with Gasteiger partial charge in [0.1, 0.15) is 10.8 Å². The van der Waals surface area contributed by atoms with Crippen molar-refractivity contribution in [2.24, 2.45) is 5.73 Å². The Hall–Kier alpha value is -2.98. The number of rotatable bonds is 4. The molecule has 3 aromatic rings. The van der Waals surface area contributed by atoms with Gasteiger partial charge in [-0.25, -0.2) is 9.50 Å². The van der Waals surface area contributed by atoms with E-state index in [1.807, 2.05) is 34.0 Å². The quantitative estimate of drug-likeness (QED) is 0.611. The Morgan fingerprint density at radius 3 is 2.85 bits per heavy atom. The highest BCUT2D eigenvalue weighted by molar-refractivity contribution is 7.14. The van der Waals surface area contributed by atoms with Crippen molar-refractivity contribution in [3.05, 3.63) is 40.5 Å². The van der Waals surface area contributed by atoms with Crippen LogP contribution in [0.25, 0.3) is 5.65 Å². The van der Waals surface area contributed by atoms with Crippen molar-refractivity contribution in [2.45, 2.75) is 51.6 Å². The van der Waals surface area contributed by atoms with Gasteiger partial charge in [-0.15, -0.1) is 11.3 Å². The Labute approximate surface area is 196 Å². The lowest BCUT2D eigenvalue weighted by Crippen LogP contribution is -2.38. The van der Waals surface area contributed by atoms with Crippen LogP contribution in [0.15, 0.2) is 23.7 Å². The van der Waals surface area contributed by atoms with Crippen molar-refractivity contribution in [1.29, 1.82) is 0 Å². The van der Waals surface area contributed by atoms with E-state index in [2.05, 4.69) is 10.2 Å². The number of likely N-dealkylation sites (tertiary alicyclic amines) is 1. The highest BCUT2D eigenvalue weighted by Gasteiger charge is 2.32. The maximum Gasteiger partial charge on any atom is 0.257 e. The first kappa shape index (κ1) is 21.8. The molecule has 2 fully saturated rings. The third-order valence-electron chi connectivity index (χ3n) is 6.44. The molecule has 0 radical (unpaired) electrons. The summed E-state index contributed by atoms with van der Waals surface area (Å²) in [5, 5.41) is 10.0. The lowest BCUT2D eigenvalue weighted by atomic mass is 9.98. The molecule has 0 spiro atoms. The molecule has 5 rings (SSSR count). The average molecular weight is 468 g/mol. The molecular formula is C23H29N7O2S. The van der Waals surface area contributed by atoms with Crippen LogP contribution in [0.2, 0.25) is 0 Å². The summed E-state index contributed by atoms with van der Waals surface area (Å²) in [4.78, 5) is 34.1. The van der Waals surface area contributed by atoms with Crippen molar-refractivity contribution in [3.8, 4) is 0 Å². The van der Waals surface area contributed by atoms with Crippen molar-refractivity contribution in [1.82, 2.24) is 19.5 Å². The summed E-state index contributed by atoms with van der Waals surface area (Å²) in [6.45, 7) is 5.88. The van der Waals surface area contributed by atoms with Gasteiger partial charge in [-0.05, 0) is 44.1 Å². The number of nitrogens with one attached hydrogen (secondary N) is 1. The second-order valence-corrected chi connectivity index (χ2v) is 9.89. The van der Waals surface area contributed by atoms with Gasteiger partial charge in [0.25, 0.3) is 5.91 Å². The molecule has 0 bridgehead atoms. The maximum absolute atomic E-state index is 13.5. The van der Waals surface area contributed by atoms with E-state index in [4.69, 9.17) is 15.8 Å². The highest BCUT2D eigenvalue weighted by Crippen LogP contribution is 2.35. The standard InChI is InChI=1S/C23H29N7O2S/c1-14-12-30-20(26-21(14)28-9-6-16(24)13-28)11-18(27-30)19-5-3-4-8-29(19)23(32)17-7-10-33-22(17)25-15(2)31/h7,10-12,16,19H,3-6,8-9,13,24H2,1-2H3,(H,25,31). The molecule has 2 atom stereocenters. The van der Waals surface area contributed by atoms with E-state index in [1.54, 1.807) is 6.07 Å². The van der Waals surface area contributed by atoms with Crippen LogP contribution in [0.3, 0.4) is 0 Å². The molecule has 3 N–H and O–H groups in total. The molecule has 9 nitrogen and oxygen atoms in total. The summed E-state index contributed by atoms with van der Waals surface area (Å²) in [5.41, 5.74) is 9.32. The third kappa shape index (κ3) is 4.20. The van der Waals surface area contributed by atoms with E-state index >= 15 is 0 Å². The van der Waals surface area contributed by atoms with Crippen LogP contribution < -0.4 is 16.0 Å². The normalized spacial score (nSPS) is 21.1. The van der Waals surface area contributed by atoms with Crippen LogP contribution in [0, 0.1) is 6.92 Å². The van der Waals surface area contributed by atoms with Crippen LogP contribution in [0.4, 0.5) is 10.8 Å². The Bertz CT molecular complexity index is 1200. The molecular weight excluding hydrogens is 438 g/mol. The fourth-order valence-corrected chi connectivity index (χ4v) is 5.68. The van der Waals surface area contributed by atoms with Crippen LogP contribution in [0.5, 0.6) is 0 Å². The number of piperidine rings is 1. The number of nitrogens with zero attached hydrogens (tertiary/aromatic N) is 5. The second-order valence-electron chi connectivity index (χ2n) is 8.97. The van der Waals surface area contributed by atoms with Gasteiger partial charge in [0, 0.05) is 50.4 Å². The van der Waals surface area contributed by atoms with Crippen LogP contribution in [-0.2, 0) is 4.79 Å². The molecule has 33 heavy (non-hydrogen) atoms. The number of aryl methyl sites for hydroxylation is 1. The van der Waals surface area contributed by atoms with Gasteiger partial charge < -0.3 is 20.9 Å². The van der Waals surface area contributed by atoms with E-state index in [0.717, 1.165) is 61.5 Å². The van der Waals surface area contributed by atoms with Gasteiger partial charge >= 0.3 is 0 Å². The zero-order valence-corrected chi connectivity index (χ0v) is 19.8. The van der Waals surface area contributed by atoms with Gasteiger partial charge in [0.2, 0.25) is 5.91 Å². The molecule has 5 heterocycles. The fraction of sp³-hybridized carbons (Fsp3) is 0.478. The molecule has 2 unspecified atom stereocenters. The Kier molecular flexibility index (Phi) is 5.79. The van der Waals surface area contributed by atoms with Crippen molar-refractivity contribution >= 4 is 39.6 Å². The second kappa shape index (κ2) is 8.75. The largest absolute Gasteiger partial charge is 0.355 e. The van der Waals surface area contributed by atoms with Gasteiger partial charge in [-0.3, -0.25) is 9.59 Å². The van der Waals surface area contributed by atoms with Gasteiger partial charge in [-0.1, -0.05) is 0 Å². The average Bonchev–Trinajstić information content (AvgIpc) is 3.52. The van der Waals surface area contributed by atoms with Gasteiger partial charge in [-0.2, -0.15) is 5.10 Å². The fourth-order valence-electron chi connectivity index (χ4n) is 4.85. The first-order valence-electron chi connectivity index (χ1n) is 11.4. The van der Waals surface area contributed by atoms with E-state index in [-0.39, 0.29) is 23.9 Å². The number of carbonyl (C=O) groups excluding carboxylic acids is 2. The predicted molar refractivity (Wildman–Crippen MR) is 129 cm³/mol. The van der Waals surface area contributed by atoms with E-state index in [0.29, 0.717) is 17.1 Å². The highest BCUT2D eigenvalue weighted by atomic mass is 32.1. The summed E-state index contributed by atoms with van der Waals surface area (Å²) < 4.78 is 1.81. The minimum Gasteiger partial charge on any atom is -0.355 e. The molecule has 0 aliphatic carbocycles. The van der Waals surface area contributed by atoms with E-state index in [9.17, 15) is 9.59 Å². The predicted octanol–water partition coefficient (Wildman–Crippen LogP) is 2.96. The van der Waals surface area contributed by atoms with E-state index < -0.39 is 0 Å².